The van der Waals surface area contributed by atoms with Crippen molar-refractivity contribution < 1.29 is 4.79 Å². The monoisotopic (exact) mass is 243 g/mol. The van der Waals surface area contributed by atoms with Gasteiger partial charge in [-0.05, 0) is 24.3 Å². The van der Waals surface area contributed by atoms with Crippen molar-refractivity contribution in [2.45, 2.75) is 6.54 Å². The molecule has 0 aliphatic heterocycles. The Morgan fingerprint density at radius 1 is 1.33 bits per heavy atom. The van der Waals surface area contributed by atoms with Gasteiger partial charge in [0.2, 0.25) is 0 Å². The van der Waals surface area contributed by atoms with Crippen LogP contribution < -0.4 is 16.8 Å². The van der Waals surface area contributed by atoms with Gasteiger partial charge in [-0.1, -0.05) is 0 Å². The van der Waals surface area contributed by atoms with Gasteiger partial charge >= 0.3 is 0 Å². The first-order valence-corrected chi connectivity index (χ1v) is 5.35. The molecule has 0 spiro atoms. The maximum absolute atomic E-state index is 11.3. The molecule has 2 aromatic rings. The number of nitrogen functional groups attached to an aromatic ring is 1. The third-order valence-corrected chi connectivity index (χ3v) is 2.41. The fourth-order valence-corrected chi connectivity index (χ4v) is 1.53. The summed E-state index contributed by atoms with van der Waals surface area (Å²) < 4.78 is 0. The Bertz CT molecular complexity index is 556. The minimum absolute atomic E-state index is 0.365. The molecule has 0 saturated heterocycles. The molecule has 1 amide bonds. The van der Waals surface area contributed by atoms with E-state index >= 15 is 0 Å². The second-order valence-corrected chi connectivity index (χ2v) is 3.72. The van der Waals surface area contributed by atoms with Gasteiger partial charge in [0.25, 0.3) is 5.91 Å². The van der Waals surface area contributed by atoms with Crippen LogP contribution in [0.2, 0.25) is 0 Å². The molecule has 0 aliphatic rings. The number of carbonyl (C=O) groups is 1. The highest BCUT2D eigenvalue weighted by Crippen LogP contribution is 2.18. The fraction of sp³-hybridized carbons (Fsp3) is 0.0833. The number of hydrogen-bond donors (Lipinski definition) is 3. The molecule has 6 nitrogen and oxygen atoms in total. The number of rotatable bonds is 4. The van der Waals surface area contributed by atoms with Gasteiger partial charge in [0, 0.05) is 17.6 Å². The number of nitrogens with two attached hydrogens (primary N) is 2. The first-order valence-electron chi connectivity index (χ1n) is 5.35. The normalized spacial score (nSPS) is 10.0. The van der Waals surface area contributed by atoms with Gasteiger partial charge in [-0.3, -0.25) is 4.79 Å². The zero-order valence-electron chi connectivity index (χ0n) is 9.63. The Morgan fingerprint density at radius 2 is 2.17 bits per heavy atom. The summed E-state index contributed by atoms with van der Waals surface area (Å²) in [5, 5.41) is 3.09. The van der Waals surface area contributed by atoms with E-state index in [9.17, 15) is 4.79 Å². The van der Waals surface area contributed by atoms with Crippen molar-refractivity contribution in [2.75, 3.05) is 11.1 Å². The van der Waals surface area contributed by atoms with E-state index in [1.54, 1.807) is 30.5 Å². The summed E-state index contributed by atoms with van der Waals surface area (Å²) in [5.74, 6) is -0.521. The number of nitrogens with zero attached hydrogens (tertiary/aromatic N) is 2. The van der Waals surface area contributed by atoms with Crippen molar-refractivity contribution >= 4 is 17.3 Å². The summed E-state index contributed by atoms with van der Waals surface area (Å²) in [6.07, 6.45) is 3.12. The van der Waals surface area contributed by atoms with E-state index in [4.69, 9.17) is 11.5 Å². The number of carbonyl (C=O) groups excluding carboxylic acids is 1. The summed E-state index contributed by atoms with van der Waals surface area (Å²) in [4.78, 5) is 19.2. The van der Waals surface area contributed by atoms with Crippen LogP contribution in [-0.2, 0) is 6.54 Å². The number of nitrogens with one attached hydrogen (secondary N) is 1. The van der Waals surface area contributed by atoms with Crippen molar-refractivity contribution in [1.29, 1.82) is 0 Å². The van der Waals surface area contributed by atoms with E-state index < -0.39 is 5.91 Å². The first kappa shape index (κ1) is 11.8. The van der Waals surface area contributed by atoms with E-state index in [2.05, 4.69) is 15.3 Å². The van der Waals surface area contributed by atoms with Gasteiger partial charge in [0.15, 0.2) is 0 Å². The average Bonchev–Trinajstić information content (AvgIpc) is 2.38. The van der Waals surface area contributed by atoms with Crippen LogP contribution in [0.25, 0.3) is 0 Å². The van der Waals surface area contributed by atoms with E-state index in [0.717, 1.165) is 5.69 Å². The number of aromatic nitrogens is 2. The molecule has 1 aromatic heterocycles. The molecule has 0 atom stereocenters. The van der Waals surface area contributed by atoms with Crippen LogP contribution in [0.3, 0.4) is 0 Å². The Balaban J connectivity index is 2.17. The SMILES string of the molecule is NC(=O)c1cc(N)ccc1NCc1ccncn1. The molecule has 0 aliphatic carbocycles. The van der Waals surface area contributed by atoms with Gasteiger partial charge in [-0.2, -0.15) is 0 Å². The van der Waals surface area contributed by atoms with E-state index in [1.807, 2.05) is 0 Å². The molecule has 18 heavy (non-hydrogen) atoms. The van der Waals surface area contributed by atoms with Crippen LogP contribution in [0.4, 0.5) is 11.4 Å². The molecule has 0 unspecified atom stereocenters. The Kier molecular flexibility index (Phi) is 3.38. The zero-order chi connectivity index (χ0) is 13.0. The molecule has 5 N–H and O–H groups in total. The van der Waals surface area contributed by atoms with Crippen LogP contribution in [0, 0.1) is 0 Å². The Labute approximate surface area is 104 Å². The highest BCUT2D eigenvalue weighted by Gasteiger charge is 2.08. The lowest BCUT2D eigenvalue weighted by atomic mass is 10.1. The van der Waals surface area contributed by atoms with Gasteiger partial charge in [-0.25, -0.2) is 9.97 Å². The molecule has 2 rings (SSSR count). The number of primary amides is 1. The third kappa shape index (κ3) is 2.73. The summed E-state index contributed by atoms with van der Waals surface area (Å²) in [6, 6.07) is 6.75. The molecule has 0 saturated carbocycles. The van der Waals surface area contributed by atoms with Crippen LogP contribution in [-0.4, -0.2) is 15.9 Å². The van der Waals surface area contributed by atoms with Crippen LogP contribution >= 0.6 is 0 Å². The topological polar surface area (TPSA) is 107 Å². The molecule has 1 aromatic carbocycles. The lowest BCUT2D eigenvalue weighted by molar-refractivity contribution is 0.100. The molecule has 0 fully saturated rings. The van der Waals surface area contributed by atoms with Crippen molar-refractivity contribution in [3.8, 4) is 0 Å². The number of benzene rings is 1. The fourth-order valence-electron chi connectivity index (χ4n) is 1.53. The van der Waals surface area contributed by atoms with E-state index in [0.29, 0.717) is 23.5 Å². The second kappa shape index (κ2) is 5.13. The third-order valence-electron chi connectivity index (χ3n) is 2.41. The number of amides is 1. The molecule has 0 radical (unpaired) electrons. The van der Waals surface area contributed by atoms with Gasteiger partial charge in [0.05, 0.1) is 17.8 Å². The molecule has 92 valence electrons. The number of hydrogen-bond acceptors (Lipinski definition) is 5. The molecular weight excluding hydrogens is 230 g/mol. The quantitative estimate of drug-likeness (QED) is 0.687. The first-order chi connectivity index (χ1) is 8.66. The molecule has 6 heteroatoms. The predicted octanol–water partition coefficient (Wildman–Crippen LogP) is 0.770. The largest absolute Gasteiger partial charge is 0.399 e. The van der Waals surface area contributed by atoms with Gasteiger partial charge in [-0.15, -0.1) is 0 Å². The minimum Gasteiger partial charge on any atom is -0.399 e. The summed E-state index contributed by atoms with van der Waals surface area (Å²) in [6.45, 7) is 0.479. The maximum atomic E-state index is 11.3. The van der Waals surface area contributed by atoms with Crippen molar-refractivity contribution in [1.82, 2.24) is 9.97 Å². The standard InChI is InChI=1S/C12H13N5O/c13-8-1-2-11(10(5-8)12(14)18)16-6-9-3-4-15-7-17-9/h1-5,7,16H,6,13H2,(H2,14,18). The molecular formula is C12H13N5O. The van der Waals surface area contributed by atoms with Crippen LogP contribution in [0.1, 0.15) is 16.1 Å². The maximum Gasteiger partial charge on any atom is 0.250 e. The van der Waals surface area contributed by atoms with Crippen molar-refractivity contribution in [2.24, 2.45) is 5.73 Å². The van der Waals surface area contributed by atoms with Gasteiger partial charge in [0.1, 0.15) is 6.33 Å². The minimum atomic E-state index is -0.521. The summed E-state index contributed by atoms with van der Waals surface area (Å²) in [7, 11) is 0. The highest BCUT2D eigenvalue weighted by molar-refractivity contribution is 5.99. The van der Waals surface area contributed by atoms with Gasteiger partial charge < -0.3 is 16.8 Å². The Hall–Kier alpha value is -2.63. The lowest BCUT2D eigenvalue weighted by Crippen LogP contribution is -2.15. The van der Waals surface area contributed by atoms with E-state index in [1.165, 1.54) is 6.33 Å². The van der Waals surface area contributed by atoms with Crippen LogP contribution in [0.5, 0.6) is 0 Å². The predicted molar refractivity (Wildman–Crippen MR) is 68.7 cm³/mol. The summed E-state index contributed by atoms with van der Waals surface area (Å²) >= 11 is 0. The number of anilines is 2. The lowest BCUT2D eigenvalue weighted by Gasteiger charge is -2.10. The second-order valence-electron chi connectivity index (χ2n) is 3.72. The van der Waals surface area contributed by atoms with Crippen molar-refractivity contribution in [3.63, 3.8) is 0 Å². The van der Waals surface area contributed by atoms with Crippen LogP contribution in [0.15, 0.2) is 36.8 Å². The average molecular weight is 243 g/mol. The molecule has 1 heterocycles. The molecule has 0 bridgehead atoms. The summed E-state index contributed by atoms with van der Waals surface area (Å²) in [5.41, 5.74) is 13.2. The highest BCUT2D eigenvalue weighted by atomic mass is 16.1. The van der Waals surface area contributed by atoms with Crippen molar-refractivity contribution in [3.05, 3.63) is 48.0 Å². The smallest absolute Gasteiger partial charge is 0.250 e. The Morgan fingerprint density at radius 3 is 2.83 bits per heavy atom. The van der Waals surface area contributed by atoms with E-state index in [-0.39, 0.29) is 0 Å². The zero-order valence-corrected chi connectivity index (χ0v) is 9.63.